The summed E-state index contributed by atoms with van der Waals surface area (Å²) in [5, 5.41) is 17.5. The highest BCUT2D eigenvalue weighted by Gasteiger charge is 2.04. The Bertz CT molecular complexity index is 553. The van der Waals surface area contributed by atoms with Crippen LogP contribution in [-0.2, 0) is 0 Å². The molecular formula is C14H12Cl2O5. The van der Waals surface area contributed by atoms with E-state index in [2.05, 4.69) is 0 Å². The highest BCUT2D eigenvalue weighted by Crippen LogP contribution is 2.22. The van der Waals surface area contributed by atoms with Gasteiger partial charge in [0.15, 0.2) is 0 Å². The Morgan fingerprint density at radius 2 is 0.952 bits per heavy atom. The minimum atomic E-state index is -1.00. The van der Waals surface area contributed by atoms with Gasteiger partial charge in [0.2, 0.25) is 0 Å². The van der Waals surface area contributed by atoms with Gasteiger partial charge in [-0.3, -0.25) is 0 Å². The van der Waals surface area contributed by atoms with Crippen LogP contribution in [0.5, 0.6) is 11.5 Å². The van der Waals surface area contributed by atoms with Gasteiger partial charge in [-0.15, -0.1) is 24.8 Å². The molecule has 2 aromatic carbocycles. The van der Waals surface area contributed by atoms with Crippen molar-refractivity contribution < 1.29 is 24.5 Å². The van der Waals surface area contributed by atoms with Crippen LogP contribution in [0.15, 0.2) is 48.5 Å². The smallest absolute Gasteiger partial charge is 0.335 e. The molecule has 0 aromatic heterocycles. The number of hydrogen-bond acceptors (Lipinski definition) is 3. The van der Waals surface area contributed by atoms with E-state index in [-0.39, 0.29) is 35.9 Å². The summed E-state index contributed by atoms with van der Waals surface area (Å²) in [5.74, 6) is -1.05. The molecule has 0 aliphatic rings. The first-order chi connectivity index (χ1) is 9.06. The van der Waals surface area contributed by atoms with Gasteiger partial charge in [-0.2, -0.15) is 0 Å². The number of aromatic carboxylic acids is 2. The molecule has 0 bridgehead atoms. The third-order valence-electron chi connectivity index (χ3n) is 2.44. The van der Waals surface area contributed by atoms with Crippen molar-refractivity contribution in [1.82, 2.24) is 0 Å². The zero-order valence-electron chi connectivity index (χ0n) is 10.6. The molecule has 2 N–H and O–H groups in total. The summed E-state index contributed by atoms with van der Waals surface area (Å²) in [6.45, 7) is 0. The van der Waals surface area contributed by atoms with Crippen molar-refractivity contribution in [2.75, 3.05) is 0 Å². The maximum atomic E-state index is 10.7. The summed E-state index contributed by atoms with van der Waals surface area (Å²) in [4.78, 5) is 21.4. The zero-order chi connectivity index (χ0) is 13.8. The lowest BCUT2D eigenvalue weighted by atomic mass is 10.2. The van der Waals surface area contributed by atoms with Crippen molar-refractivity contribution >= 4 is 36.8 Å². The van der Waals surface area contributed by atoms with Gasteiger partial charge in [0.05, 0.1) is 11.1 Å². The van der Waals surface area contributed by atoms with Crippen molar-refractivity contribution in [2.24, 2.45) is 0 Å². The summed E-state index contributed by atoms with van der Waals surface area (Å²) in [6, 6.07) is 11.9. The van der Waals surface area contributed by atoms with Crippen molar-refractivity contribution in [1.29, 1.82) is 0 Å². The zero-order valence-corrected chi connectivity index (χ0v) is 12.2. The summed E-state index contributed by atoms with van der Waals surface area (Å²) >= 11 is 0. The first kappa shape index (κ1) is 18.8. The van der Waals surface area contributed by atoms with Gasteiger partial charge in [-0.05, 0) is 48.5 Å². The van der Waals surface area contributed by atoms with Crippen LogP contribution in [0.2, 0.25) is 0 Å². The van der Waals surface area contributed by atoms with E-state index in [4.69, 9.17) is 14.9 Å². The average molecular weight is 331 g/mol. The van der Waals surface area contributed by atoms with Crippen LogP contribution in [-0.4, -0.2) is 22.2 Å². The van der Waals surface area contributed by atoms with Gasteiger partial charge in [-0.25, -0.2) is 9.59 Å². The van der Waals surface area contributed by atoms with Crippen LogP contribution in [0.25, 0.3) is 0 Å². The van der Waals surface area contributed by atoms with E-state index in [9.17, 15) is 9.59 Å². The van der Waals surface area contributed by atoms with Crippen LogP contribution in [0.4, 0.5) is 0 Å². The molecular weight excluding hydrogens is 319 g/mol. The average Bonchev–Trinajstić information content (AvgIpc) is 2.40. The SMILES string of the molecule is Cl.Cl.O=C(O)c1ccc(Oc2ccc(C(=O)O)cc2)cc1. The fraction of sp³-hybridized carbons (Fsp3) is 0. The van der Waals surface area contributed by atoms with Crippen LogP contribution in [0.3, 0.4) is 0 Å². The van der Waals surface area contributed by atoms with Crippen LogP contribution >= 0.6 is 24.8 Å². The molecule has 112 valence electrons. The monoisotopic (exact) mass is 330 g/mol. The molecule has 0 spiro atoms. The van der Waals surface area contributed by atoms with E-state index in [0.717, 1.165) is 0 Å². The first-order valence-electron chi connectivity index (χ1n) is 5.41. The number of carbonyl (C=O) groups is 2. The Morgan fingerprint density at radius 1 is 0.667 bits per heavy atom. The third kappa shape index (κ3) is 4.98. The van der Waals surface area contributed by atoms with Gasteiger partial charge < -0.3 is 14.9 Å². The minimum absolute atomic E-state index is 0. The van der Waals surface area contributed by atoms with Crippen molar-refractivity contribution in [3.63, 3.8) is 0 Å². The molecule has 2 rings (SSSR count). The molecule has 0 amide bonds. The van der Waals surface area contributed by atoms with Gasteiger partial charge >= 0.3 is 11.9 Å². The molecule has 0 heterocycles. The van der Waals surface area contributed by atoms with Crippen molar-refractivity contribution in [2.45, 2.75) is 0 Å². The van der Waals surface area contributed by atoms with Gasteiger partial charge in [-0.1, -0.05) is 0 Å². The Labute approximate surface area is 133 Å². The van der Waals surface area contributed by atoms with Crippen molar-refractivity contribution in [3.05, 3.63) is 59.7 Å². The molecule has 0 aliphatic heterocycles. The summed E-state index contributed by atoms with van der Waals surface area (Å²) < 4.78 is 5.46. The largest absolute Gasteiger partial charge is 0.478 e. The molecule has 0 radical (unpaired) electrons. The Hall–Kier alpha value is -2.24. The van der Waals surface area contributed by atoms with Gasteiger partial charge in [0.1, 0.15) is 11.5 Å². The molecule has 21 heavy (non-hydrogen) atoms. The van der Waals surface area contributed by atoms with E-state index in [1.165, 1.54) is 48.5 Å². The van der Waals surface area contributed by atoms with Gasteiger partial charge in [0.25, 0.3) is 0 Å². The second kappa shape index (κ2) is 8.14. The summed E-state index contributed by atoms with van der Waals surface area (Å²) in [7, 11) is 0. The Kier molecular flexibility index (Phi) is 7.27. The lowest BCUT2D eigenvalue weighted by Gasteiger charge is -2.06. The van der Waals surface area contributed by atoms with Crippen LogP contribution in [0, 0.1) is 0 Å². The van der Waals surface area contributed by atoms with E-state index in [0.29, 0.717) is 11.5 Å². The number of rotatable bonds is 4. The second-order valence-corrected chi connectivity index (χ2v) is 3.76. The normalized spacial score (nSPS) is 8.95. The minimum Gasteiger partial charge on any atom is -0.478 e. The fourth-order valence-electron chi connectivity index (χ4n) is 1.47. The molecule has 0 saturated heterocycles. The quantitative estimate of drug-likeness (QED) is 0.892. The van der Waals surface area contributed by atoms with E-state index < -0.39 is 11.9 Å². The Morgan fingerprint density at radius 3 is 1.19 bits per heavy atom. The van der Waals surface area contributed by atoms with E-state index in [1.54, 1.807) is 0 Å². The molecule has 0 aliphatic carbocycles. The molecule has 0 fully saturated rings. The molecule has 0 atom stereocenters. The highest BCUT2D eigenvalue weighted by atomic mass is 35.5. The van der Waals surface area contributed by atoms with E-state index >= 15 is 0 Å². The molecule has 5 nitrogen and oxygen atoms in total. The summed E-state index contributed by atoms with van der Waals surface area (Å²) in [6.07, 6.45) is 0. The predicted octanol–water partition coefficient (Wildman–Crippen LogP) is 3.72. The third-order valence-corrected chi connectivity index (χ3v) is 2.44. The number of halogens is 2. The Balaban J connectivity index is 0.00000200. The number of benzene rings is 2. The lowest BCUT2D eigenvalue weighted by Crippen LogP contribution is -1.96. The molecule has 0 saturated carbocycles. The van der Waals surface area contributed by atoms with Crippen molar-refractivity contribution in [3.8, 4) is 11.5 Å². The second-order valence-electron chi connectivity index (χ2n) is 3.76. The number of ether oxygens (including phenoxy) is 1. The number of hydrogen-bond donors (Lipinski definition) is 2. The van der Waals surface area contributed by atoms with Crippen LogP contribution in [0.1, 0.15) is 20.7 Å². The number of carboxylic acid groups (broad SMARTS) is 2. The lowest BCUT2D eigenvalue weighted by molar-refractivity contribution is 0.0686. The highest BCUT2D eigenvalue weighted by molar-refractivity contribution is 5.88. The topological polar surface area (TPSA) is 83.8 Å². The predicted molar refractivity (Wildman–Crippen MR) is 81.4 cm³/mol. The number of carboxylic acids is 2. The van der Waals surface area contributed by atoms with Crippen LogP contribution < -0.4 is 4.74 Å². The standard InChI is InChI=1S/C14H10O5.2ClH/c15-13(16)9-1-5-11(6-2-9)19-12-7-3-10(4-8-12)14(17)18;;/h1-8H,(H,15,16)(H,17,18);2*1H. The molecule has 7 heteroatoms. The molecule has 0 unspecified atom stereocenters. The van der Waals surface area contributed by atoms with E-state index in [1.807, 2.05) is 0 Å². The maximum absolute atomic E-state index is 10.7. The summed E-state index contributed by atoms with van der Waals surface area (Å²) in [5.41, 5.74) is 0.349. The van der Waals surface area contributed by atoms with Gasteiger partial charge in [0, 0.05) is 0 Å². The molecule has 2 aromatic rings. The fourth-order valence-corrected chi connectivity index (χ4v) is 1.47. The maximum Gasteiger partial charge on any atom is 0.335 e. The first-order valence-corrected chi connectivity index (χ1v) is 5.41.